The summed E-state index contributed by atoms with van der Waals surface area (Å²) in [6.45, 7) is 2.91. The molecule has 1 N–H and O–H groups in total. The molecule has 3 rings (SSSR count). The summed E-state index contributed by atoms with van der Waals surface area (Å²) in [5.74, 6) is 0.843. The minimum atomic E-state index is -0.424. The summed E-state index contributed by atoms with van der Waals surface area (Å²) in [4.78, 5) is 16.5. The van der Waals surface area contributed by atoms with Gasteiger partial charge in [-0.3, -0.25) is 4.79 Å². The highest BCUT2D eigenvalue weighted by atomic mass is 35.5. The van der Waals surface area contributed by atoms with Gasteiger partial charge in [-0.25, -0.2) is 4.98 Å². The van der Waals surface area contributed by atoms with Crippen molar-refractivity contribution in [2.45, 2.75) is 13.3 Å². The molecule has 1 aliphatic heterocycles. The predicted octanol–water partition coefficient (Wildman–Crippen LogP) is 3.89. The number of rotatable bonds is 5. The molecule has 1 fully saturated rings. The maximum atomic E-state index is 12.4. The van der Waals surface area contributed by atoms with Crippen LogP contribution in [0, 0.1) is 5.41 Å². The van der Waals surface area contributed by atoms with Gasteiger partial charge in [0.05, 0.1) is 23.7 Å². The van der Waals surface area contributed by atoms with Crippen LogP contribution in [0.1, 0.15) is 13.3 Å². The number of benzene rings is 1. The highest BCUT2D eigenvalue weighted by Crippen LogP contribution is 2.33. The zero-order chi connectivity index (χ0) is 16.3. The second kappa shape index (κ2) is 6.56. The monoisotopic (exact) mass is 332 g/mol. The van der Waals surface area contributed by atoms with Gasteiger partial charge in [-0.15, -0.1) is 0 Å². The first-order valence-electron chi connectivity index (χ1n) is 7.40. The van der Waals surface area contributed by atoms with E-state index in [4.69, 9.17) is 21.1 Å². The van der Waals surface area contributed by atoms with Gasteiger partial charge in [-0.1, -0.05) is 30.7 Å². The van der Waals surface area contributed by atoms with Crippen molar-refractivity contribution in [1.82, 2.24) is 4.98 Å². The fraction of sp³-hybridized carbons (Fsp3) is 0.294. The number of anilines is 1. The number of nitrogens with zero attached hydrogens (tertiary/aromatic N) is 1. The van der Waals surface area contributed by atoms with E-state index >= 15 is 0 Å². The minimum Gasteiger partial charge on any atom is -0.437 e. The van der Waals surface area contributed by atoms with Gasteiger partial charge in [0, 0.05) is 18.0 Å². The van der Waals surface area contributed by atoms with Gasteiger partial charge < -0.3 is 14.8 Å². The Morgan fingerprint density at radius 1 is 1.39 bits per heavy atom. The molecule has 0 spiro atoms. The lowest BCUT2D eigenvalue weighted by molar-refractivity contribution is -0.156. The van der Waals surface area contributed by atoms with Gasteiger partial charge in [0.15, 0.2) is 0 Å². The maximum Gasteiger partial charge on any atom is 0.235 e. The van der Waals surface area contributed by atoms with Crippen LogP contribution in [0.4, 0.5) is 5.69 Å². The summed E-state index contributed by atoms with van der Waals surface area (Å²) in [6, 6.07) is 10.5. The summed E-state index contributed by atoms with van der Waals surface area (Å²) < 4.78 is 10.9. The first kappa shape index (κ1) is 15.8. The summed E-state index contributed by atoms with van der Waals surface area (Å²) in [7, 11) is 0. The molecule has 2 heterocycles. The van der Waals surface area contributed by atoms with Crippen LogP contribution in [0.15, 0.2) is 42.6 Å². The summed E-state index contributed by atoms with van der Waals surface area (Å²) in [5, 5.41) is 3.40. The SMILES string of the molecule is CCC1(C(=O)Nc2ccnc(Oc3ccccc3Cl)c2)COC1. The Hall–Kier alpha value is -2.11. The molecule has 1 saturated heterocycles. The Morgan fingerprint density at radius 2 is 2.17 bits per heavy atom. The molecule has 1 amide bonds. The van der Waals surface area contributed by atoms with Gasteiger partial charge in [-0.2, -0.15) is 0 Å². The Kier molecular flexibility index (Phi) is 4.50. The van der Waals surface area contributed by atoms with E-state index in [0.717, 1.165) is 6.42 Å². The number of para-hydroxylation sites is 1. The molecular weight excluding hydrogens is 316 g/mol. The van der Waals surface area contributed by atoms with Crippen LogP contribution in [0.3, 0.4) is 0 Å². The summed E-state index contributed by atoms with van der Waals surface area (Å²) in [5.41, 5.74) is 0.208. The number of hydrogen-bond donors (Lipinski definition) is 1. The molecule has 1 aliphatic rings. The number of carbonyl (C=O) groups excluding carboxylic acids is 1. The van der Waals surface area contributed by atoms with Crippen LogP contribution < -0.4 is 10.1 Å². The molecule has 6 heteroatoms. The fourth-order valence-corrected chi connectivity index (χ4v) is 2.47. The molecule has 0 atom stereocenters. The average Bonchev–Trinajstić information content (AvgIpc) is 2.49. The number of nitrogens with one attached hydrogen (secondary N) is 1. The zero-order valence-corrected chi connectivity index (χ0v) is 13.5. The van der Waals surface area contributed by atoms with Crippen molar-refractivity contribution in [2.24, 2.45) is 5.41 Å². The normalized spacial score (nSPS) is 15.6. The van der Waals surface area contributed by atoms with Crippen LogP contribution >= 0.6 is 11.6 Å². The van der Waals surface area contributed by atoms with Crippen molar-refractivity contribution in [1.29, 1.82) is 0 Å². The van der Waals surface area contributed by atoms with E-state index in [1.165, 1.54) is 0 Å². The Labute approximate surface area is 139 Å². The first-order valence-corrected chi connectivity index (χ1v) is 7.78. The van der Waals surface area contributed by atoms with Crippen LogP contribution in [0.25, 0.3) is 0 Å². The van der Waals surface area contributed by atoms with Crippen molar-refractivity contribution >= 4 is 23.2 Å². The molecular formula is C17H17ClN2O3. The van der Waals surface area contributed by atoms with Gasteiger partial charge in [0.1, 0.15) is 5.75 Å². The van der Waals surface area contributed by atoms with Gasteiger partial charge in [0.25, 0.3) is 0 Å². The smallest absolute Gasteiger partial charge is 0.235 e. The van der Waals surface area contributed by atoms with E-state index in [1.54, 1.807) is 30.5 Å². The minimum absolute atomic E-state index is 0.0406. The largest absolute Gasteiger partial charge is 0.437 e. The number of halogens is 1. The molecule has 5 nitrogen and oxygen atoms in total. The van der Waals surface area contributed by atoms with Crippen LogP contribution in [-0.2, 0) is 9.53 Å². The summed E-state index contributed by atoms with van der Waals surface area (Å²) in [6.07, 6.45) is 2.32. The van der Waals surface area contributed by atoms with Crippen molar-refractivity contribution in [3.05, 3.63) is 47.6 Å². The predicted molar refractivity (Wildman–Crippen MR) is 87.9 cm³/mol. The second-order valence-corrected chi connectivity index (χ2v) is 5.90. The van der Waals surface area contributed by atoms with Crippen LogP contribution in [-0.4, -0.2) is 24.1 Å². The highest BCUT2D eigenvalue weighted by molar-refractivity contribution is 6.32. The molecule has 0 bridgehead atoms. The first-order chi connectivity index (χ1) is 11.1. The Bertz CT molecular complexity index is 711. The number of aromatic nitrogens is 1. The quantitative estimate of drug-likeness (QED) is 0.902. The molecule has 0 unspecified atom stereocenters. The van der Waals surface area contributed by atoms with E-state index < -0.39 is 5.41 Å². The lowest BCUT2D eigenvalue weighted by atomic mass is 9.82. The third kappa shape index (κ3) is 3.30. The van der Waals surface area contributed by atoms with Crippen molar-refractivity contribution in [3.63, 3.8) is 0 Å². The molecule has 120 valence electrons. The van der Waals surface area contributed by atoms with Crippen LogP contribution in [0.2, 0.25) is 5.02 Å². The van der Waals surface area contributed by atoms with E-state index in [2.05, 4.69) is 10.3 Å². The second-order valence-electron chi connectivity index (χ2n) is 5.50. The number of pyridine rings is 1. The number of ether oxygens (including phenoxy) is 2. The lowest BCUT2D eigenvalue weighted by Gasteiger charge is -2.38. The molecule has 23 heavy (non-hydrogen) atoms. The Morgan fingerprint density at radius 3 is 2.83 bits per heavy atom. The third-order valence-electron chi connectivity index (χ3n) is 3.96. The third-order valence-corrected chi connectivity index (χ3v) is 4.27. The van der Waals surface area contributed by atoms with E-state index in [9.17, 15) is 4.79 Å². The molecule has 0 saturated carbocycles. The topological polar surface area (TPSA) is 60.5 Å². The van der Waals surface area contributed by atoms with E-state index in [1.807, 2.05) is 19.1 Å². The molecule has 0 radical (unpaired) electrons. The zero-order valence-electron chi connectivity index (χ0n) is 12.7. The number of amides is 1. The number of carbonyl (C=O) groups is 1. The fourth-order valence-electron chi connectivity index (χ4n) is 2.29. The van der Waals surface area contributed by atoms with Gasteiger partial charge >= 0.3 is 0 Å². The van der Waals surface area contributed by atoms with Crippen molar-refractivity contribution < 1.29 is 14.3 Å². The Balaban J connectivity index is 1.73. The standard InChI is InChI=1S/C17H17ClN2O3/c1-2-17(10-22-11-17)16(21)20-12-7-8-19-15(9-12)23-14-6-4-3-5-13(14)18/h3-9H,2,10-11H2,1H3,(H,19,20,21). The van der Waals surface area contributed by atoms with Crippen LogP contribution in [0.5, 0.6) is 11.6 Å². The lowest BCUT2D eigenvalue weighted by Crippen LogP contribution is -2.51. The van der Waals surface area contributed by atoms with E-state index in [-0.39, 0.29) is 5.91 Å². The molecule has 0 aliphatic carbocycles. The van der Waals surface area contributed by atoms with Crippen molar-refractivity contribution in [2.75, 3.05) is 18.5 Å². The van der Waals surface area contributed by atoms with E-state index in [0.29, 0.717) is 35.6 Å². The number of hydrogen-bond acceptors (Lipinski definition) is 4. The maximum absolute atomic E-state index is 12.4. The van der Waals surface area contributed by atoms with Gasteiger partial charge in [-0.05, 0) is 24.6 Å². The molecule has 1 aromatic carbocycles. The van der Waals surface area contributed by atoms with Crippen molar-refractivity contribution in [3.8, 4) is 11.6 Å². The highest BCUT2D eigenvalue weighted by Gasteiger charge is 2.44. The average molecular weight is 333 g/mol. The van der Waals surface area contributed by atoms with Gasteiger partial charge in [0.2, 0.25) is 11.8 Å². The molecule has 1 aromatic heterocycles. The molecule has 2 aromatic rings. The summed E-state index contributed by atoms with van der Waals surface area (Å²) >= 11 is 6.07.